The first-order valence-electron chi connectivity index (χ1n) is 8.89. The molecule has 3 amide bonds. The molecule has 2 bridgehead atoms. The van der Waals surface area contributed by atoms with Crippen molar-refractivity contribution in [3.63, 3.8) is 0 Å². The van der Waals surface area contributed by atoms with Gasteiger partial charge in [-0.1, -0.05) is 25.1 Å². The summed E-state index contributed by atoms with van der Waals surface area (Å²) in [6.45, 7) is 1.82. The molecule has 5 atom stereocenters. The van der Waals surface area contributed by atoms with Gasteiger partial charge < -0.3 is 5.32 Å². The van der Waals surface area contributed by atoms with Crippen molar-refractivity contribution in [3.05, 3.63) is 36.5 Å². The maximum absolute atomic E-state index is 13.0. The van der Waals surface area contributed by atoms with Crippen molar-refractivity contribution in [2.75, 3.05) is 5.32 Å². The molecule has 0 unspecified atom stereocenters. The van der Waals surface area contributed by atoms with Crippen molar-refractivity contribution in [1.29, 1.82) is 0 Å². The minimum absolute atomic E-state index is 0.132. The van der Waals surface area contributed by atoms with Gasteiger partial charge in [0, 0.05) is 6.20 Å². The highest BCUT2D eigenvalue weighted by Gasteiger charge is 2.58. The van der Waals surface area contributed by atoms with Crippen molar-refractivity contribution >= 4 is 23.5 Å². The number of pyridine rings is 1. The van der Waals surface area contributed by atoms with Gasteiger partial charge in [-0.05, 0) is 43.2 Å². The van der Waals surface area contributed by atoms with Gasteiger partial charge in [-0.25, -0.2) is 4.98 Å². The van der Waals surface area contributed by atoms with Crippen molar-refractivity contribution in [3.8, 4) is 0 Å². The van der Waals surface area contributed by atoms with Gasteiger partial charge in [0.15, 0.2) is 0 Å². The largest absolute Gasteiger partial charge is 0.309 e. The maximum Gasteiger partial charge on any atom is 0.248 e. The Morgan fingerprint density at radius 3 is 2.32 bits per heavy atom. The van der Waals surface area contributed by atoms with Crippen LogP contribution < -0.4 is 5.32 Å². The smallest absolute Gasteiger partial charge is 0.248 e. The third-order valence-electron chi connectivity index (χ3n) is 5.71. The number of hydrogen-bond acceptors (Lipinski definition) is 4. The number of nitrogens with zero attached hydrogens (tertiary/aromatic N) is 2. The SMILES string of the molecule is CC[C@H](C(=O)Nc1ccccn1)N1C(=O)[C@@H]2[C@@H](C1=O)[C@H]1C=C[C@H]2CC1. The summed E-state index contributed by atoms with van der Waals surface area (Å²) in [6.07, 6.45) is 8.04. The lowest BCUT2D eigenvalue weighted by atomic mass is 9.63. The van der Waals surface area contributed by atoms with Crippen molar-refractivity contribution < 1.29 is 14.4 Å². The van der Waals surface area contributed by atoms with E-state index in [9.17, 15) is 14.4 Å². The van der Waals surface area contributed by atoms with E-state index in [4.69, 9.17) is 0 Å². The van der Waals surface area contributed by atoms with Gasteiger partial charge in [0.05, 0.1) is 11.8 Å². The van der Waals surface area contributed by atoms with E-state index < -0.39 is 6.04 Å². The highest BCUT2D eigenvalue weighted by atomic mass is 16.2. The molecule has 6 nitrogen and oxygen atoms in total. The predicted molar refractivity (Wildman–Crippen MR) is 91.1 cm³/mol. The third-order valence-corrected chi connectivity index (χ3v) is 5.71. The Kier molecular flexibility index (Phi) is 3.90. The number of allylic oxidation sites excluding steroid dienone is 2. The number of carbonyl (C=O) groups excluding carboxylic acids is 3. The molecule has 0 radical (unpaired) electrons. The van der Waals surface area contributed by atoms with Gasteiger partial charge in [-0.2, -0.15) is 0 Å². The molecule has 2 fully saturated rings. The summed E-state index contributed by atoms with van der Waals surface area (Å²) in [4.78, 5) is 43.9. The first kappa shape index (κ1) is 16.0. The van der Waals surface area contributed by atoms with E-state index in [-0.39, 0.29) is 41.4 Å². The second-order valence-corrected chi connectivity index (χ2v) is 7.02. The highest BCUT2D eigenvalue weighted by Crippen LogP contribution is 2.50. The number of aromatic nitrogens is 1. The fraction of sp³-hybridized carbons (Fsp3) is 0.474. The number of imide groups is 1. The Balaban J connectivity index is 1.58. The number of hydrogen-bond donors (Lipinski definition) is 1. The van der Waals surface area contributed by atoms with Crippen molar-refractivity contribution in [1.82, 2.24) is 9.88 Å². The highest BCUT2D eigenvalue weighted by molar-refractivity contribution is 6.10. The Morgan fingerprint density at radius 1 is 1.20 bits per heavy atom. The minimum atomic E-state index is -0.785. The number of fused-ring (bicyclic) bond motifs is 1. The van der Waals surface area contributed by atoms with E-state index in [0.717, 1.165) is 12.8 Å². The monoisotopic (exact) mass is 339 g/mol. The minimum Gasteiger partial charge on any atom is -0.309 e. The summed E-state index contributed by atoms with van der Waals surface area (Å²) in [6, 6.07) is 4.43. The molecule has 2 heterocycles. The van der Waals surface area contributed by atoms with E-state index in [1.807, 2.05) is 6.92 Å². The molecule has 3 aliphatic carbocycles. The molecule has 130 valence electrons. The van der Waals surface area contributed by atoms with Crippen LogP contribution >= 0.6 is 0 Å². The third kappa shape index (κ3) is 2.47. The molecule has 4 aliphatic rings. The number of likely N-dealkylation sites (tertiary alicyclic amines) is 1. The van der Waals surface area contributed by atoms with E-state index in [1.54, 1.807) is 24.4 Å². The maximum atomic E-state index is 13.0. The molecule has 0 spiro atoms. The van der Waals surface area contributed by atoms with E-state index in [2.05, 4.69) is 22.5 Å². The summed E-state index contributed by atoms with van der Waals surface area (Å²) >= 11 is 0. The van der Waals surface area contributed by atoms with Gasteiger partial charge in [-0.15, -0.1) is 0 Å². The van der Waals surface area contributed by atoms with Crippen LogP contribution in [-0.4, -0.2) is 33.6 Å². The van der Waals surface area contributed by atoms with Crippen molar-refractivity contribution in [2.45, 2.75) is 32.2 Å². The van der Waals surface area contributed by atoms with Gasteiger partial charge in [0.25, 0.3) is 0 Å². The lowest BCUT2D eigenvalue weighted by Gasteiger charge is -2.38. The summed E-state index contributed by atoms with van der Waals surface area (Å²) in [5.74, 6) is -0.610. The number of carbonyl (C=O) groups is 3. The van der Waals surface area contributed by atoms with Gasteiger partial charge >= 0.3 is 0 Å². The first-order valence-corrected chi connectivity index (χ1v) is 8.89. The van der Waals surface area contributed by atoms with Gasteiger partial charge in [-0.3, -0.25) is 19.3 Å². The lowest BCUT2D eigenvalue weighted by Crippen LogP contribution is -2.47. The van der Waals surface area contributed by atoms with Crippen LogP contribution in [0.2, 0.25) is 0 Å². The molecule has 1 aromatic heterocycles. The van der Waals surface area contributed by atoms with E-state index >= 15 is 0 Å². The second-order valence-electron chi connectivity index (χ2n) is 7.02. The average molecular weight is 339 g/mol. The van der Waals surface area contributed by atoms with Gasteiger partial charge in [0.1, 0.15) is 11.9 Å². The molecule has 1 N–H and O–H groups in total. The number of rotatable bonds is 4. The van der Waals surface area contributed by atoms with Crippen LogP contribution in [-0.2, 0) is 14.4 Å². The molecule has 1 aliphatic heterocycles. The van der Waals surface area contributed by atoms with Crippen molar-refractivity contribution in [2.24, 2.45) is 23.7 Å². The summed E-state index contributed by atoms with van der Waals surface area (Å²) < 4.78 is 0. The first-order chi connectivity index (χ1) is 12.1. The van der Waals surface area contributed by atoms with Crippen LogP contribution in [0.5, 0.6) is 0 Å². The Bertz CT molecular complexity index is 714. The molecule has 25 heavy (non-hydrogen) atoms. The Hall–Kier alpha value is -2.50. The summed E-state index contributed by atoms with van der Waals surface area (Å²) in [7, 11) is 0. The van der Waals surface area contributed by atoms with Crippen LogP contribution in [0.15, 0.2) is 36.5 Å². The number of anilines is 1. The van der Waals surface area contributed by atoms with E-state index in [1.165, 1.54) is 4.90 Å². The summed E-state index contributed by atoms with van der Waals surface area (Å²) in [5, 5.41) is 2.72. The molecular formula is C19H21N3O3. The van der Waals surface area contributed by atoms with Gasteiger partial charge in [0.2, 0.25) is 17.7 Å². The number of nitrogens with one attached hydrogen (secondary N) is 1. The Labute approximate surface area is 146 Å². The molecule has 1 aromatic rings. The number of amides is 3. The molecular weight excluding hydrogens is 318 g/mol. The fourth-order valence-corrected chi connectivity index (χ4v) is 4.54. The normalized spacial score (nSPS) is 31.2. The van der Waals surface area contributed by atoms with E-state index in [0.29, 0.717) is 12.2 Å². The average Bonchev–Trinajstić information content (AvgIpc) is 2.92. The fourth-order valence-electron chi connectivity index (χ4n) is 4.54. The standard InChI is InChI=1S/C19H21N3O3/c1-2-13(17(23)21-14-5-3-4-10-20-14)22-18(24)15-11-6-7-12(9-8-11)16(15)19(22)25/h3-7,10-13,15-16H,2,8-9H2,1H3,(H,20,21,23)/t11-,12-,13+,15-,16-/m0/s1. The Morgan fingerprint density at radius 2 is 1.84 bits per heavy atom. The molecule has 6 heteroatoms. The predicted octanol–water partition coefficient (Wildman–Crippen LogP) is 2.00. The van der Waals surface area contributed by atoms with Crippen LogP contribution in [0.4, 0.5) is 5.82 Å². The molecule has 1 saturated carbocycles. The molecule has 0 aromatic carbocycles. The summed E-state index contributed by atoms with van der Waals surface area (Å²) in [5.41, 5.74) is 0. The molecule has 1 saturated heterocycles. The van der Waals surface area contributed by atoms with Crippen LogP contribution in [0.3, 0.4) is 0 Å². The van der Waals surface area contributed by atoms with Crippen LogP contribution in [0.25, 0.3) is 0 Å². The lowest BCUT2D eigenvalue weighted by molar-refractivity contribution is -0.146. The zero-order chi connectivity index (χ0) is 17.6. The van der Waals surface area contributed by atoms with Crippen LogP contribution in [0.1, 0.15) is 26.2 Å². The zero-order valence-electron chi connectivity index (χ0n) is 14.1. The second kappa shape index (κ2) is 6.10. The van der Waals surface area contributed by atoms with Crippen LogP contribution in [0, 0.1) is 23.7 Å². The topological polar surface area (TPSA) is 79.4 Å². The zero-order valence-corrected chi connectivity index (χ0v) is 14.1. The quantitative estimate of drug-likeness (QED) is 0.672. The molecule has 5 rings (SSSR count).